The molecule has 0 atom stereocenters. The van der Waals surface area contributed by atoms with Gasteiger partial charge in [-0.1, -0.05) is 96.7 Å². The summed E-state index contributed by atoms with van der Waals surface area (Å²) in [6.45, 7) is 0. The maximum atomic E-state index is 5.07. The van der Waals surface area contributed by atoms with E-state index in [-0.39, 0.29) is 5.41 Å². The normalized spacial score (nSPS) is 13.7. The summed E-state index contributed by atoms with van der Waals surface area (Å²) in [5.74, 6) is 0. The van der Waals surface area contributed by atoms with Crippen LogP contribution in [0.15, 0.2) is 162 Å². The van der Waals surface area contributed by atoms with Crippen molar-refractivity contribution in [3.63, 3.8) is 0 Å². The van der Waals surface area contributed by atoms with Crippen LogP contribution in [0.5, 0.6) is 0 Å². The summed E-state index contributed by atoms with van der Waals surface area (Å²) in [6, 6.07) is 51.3. The molecule has 1 spiro atoms. The Balaban J connectivity index is 1.15. The van der Waals surface area contributed by atoms with Gasteiger partial charge in [-0.15, -0.1) is 22.7 Å². The van der Waals surface area contributed by atoms with E-state index in [1.165, 1.54) is 53.4 Å². The van der Waals surface area contributed by atoms with Gasteiger partial charge in [0.2, 0.25) is 0 Å². The molecule has 9 aromatic rings. The molecule has 0 saturated carbocycles. The van der Waals surface area contributed by atoms with E-state index in [0.717, 1.165) is 42.4 Å². The molecule has 6 heteroatoms. The number of para-hydroxylation sites is 1. The molecule has 1 aliphatic heterocycles. The summed E-state index contributed by atoms with van der Waals surface area (Å²) in [5, 5.41) is 1.99. The minimum Gasteiger partial charge on any atom is -0.263 e. The Morgan fingerprint density at radius 2 is 1.04 bits per heavy atom. The van der Waals surface area contributed by atoms with Crippen molar-refractivity contribution in [2.24, 2.45) is 0 Å². The molecule has 6 aromatic carbocycles. The van der Waals surface area contributed by atoms with Crippen LogP contribution in [0, 0.1) is 0 Å². The molecule has 0 amide bonds. The fraction of sp³-hybridized carbons (Fsp3) is 0.0227. The SMILES string of the molecule is c1ccc2c(c1)Sc1ccccc1C21c2ccccc2-c2cc(-c3cc(-c4nc5ccccc5s4)cc(-c4nc5ccncc5s4)c3)ccc21. The largest absolute Gasteiger partial charge is 0.263 e. The predicted octanol–water partition coefficient (Wildman–Crippen LogP) is 12.1. The van der Waals surface area contributed by atoms with E-state index in [1.807, 2.05) is 30.2 Å². The molecule has 2 aliphatic rings. The minimum atomic E-state index is -0.383. The number of fused-ring (bicyclic) bond motifs is 11. The molecular formula is C44H25N3S3. The van der Waals surface area contributed by atoms with Gasteiger partial charge in [0.15, 0.2) is 0 Å². The number of hydrogen-bond donors (Lipinski definition) is 0. The van der Waals surface area contributed by atoms with Gasteiger partial charge in [0, 0.05) is 33.3 Å². The molecule has 0 unspecified atom stereocenters. The number of benzene rings is 6. The van der Waals surface area contributed by atoms with Gasteiger partial charge in [-0.3, -0.25) is 4.98 Å². The lowest BCUT2D eigenvalue weighted by molar-refractivity contribution is 0.722. The average molecular weight is 692 g/mol. The second-order valence-electron chi connectivity index (χ2n) is 12.8. The quantitative estimate of drug-likeness (QED) is 0.185. The standard InChI is InChI=1S/C44H25N3S3/c1-2-10-32-30(9-1)31-24-26(17-18-33(31)44(32)34-11-3-6-14-38(34)48-39-15-7-4-12-35(39)44)27-21-28(42-46-36-13-5-8-16-40(36)49-42)23-29(22-27)43-47-37-19-20-45-25-41(37)50-43/h1-25H. The molecule has 11 rings (SSSR count). The van der Waals surface area contributed by atoms with Crippen molar-refractivity contribution >= 4 is 54.9 Å². The van der Waals surface area contributed by atoms with Crippen LogP contribution in [0.4, 0.5) is 0 Å². The van der Waals surface area contributed by atoms with Crippen molar-refractivity contribution in [2.75, 3.05) is 0 Å². The monoisotopic (exact) mass is 691 g/mol. The lowest BCUT2D eigenvalue weighted by Crippen LogP contribution is -2.31. The van der Waals surface area contributed by atoms with Crippen molar-refractivity contribution in [1.82, 2.24) is 15.0 Å². The van der Waals surface area contributed by atoms with Gasteiger partial charge >= 0.3 is 0 Å². The van der Waals surface area contributed by atoms with Crippen LogP contribution in [-0.2, 0) is 5.41 Å². The molecule has 3 nitrogen and oxygen atoms in total. The van der Waals surface area contributed by atoms with Gasteiger partial charge in [0.05, 0.1) is 25.8 Å². The first-order valence-electron chi connectivity index (χ1n) is 16.6. The lowest BCUT2D eigenvalue weighted by atomic mass is 9.67. The van der Waals surface area contributed by atoms with E-state index >= 15 is 0 Å². The second-order valence-corrected chi connectivity index (χ2v) is 15.9. The minimum absolute atomic E-state index is 0.383. The molecular weight excluding hydrogens is 667 g/mol. The third-order valence-corrected chi connectivity index (χ3v) is 13.4. The first kappa shape index (κ1) is 28.4. The third kappa shape index (κ3) is 4.07. The third-order valence-electron chi connectivity index (χ3n) is 10.1. The fourth-order valence-electron chi connectivity index (χ4n) is 7.98. The van der Waals surface area contributed by atoms with E-state index in [2.05, 4.69) is 138 Å². The molecule has 0 saturated heterocycles. The molecule has 0 radical (unpaired) electrons. The Hall–Kier alpha value is -5.40. The summed E-state index contributed by atoms with van der Waals surface area (Å²) >= 11 is 5.30. The molecule has 0 bridgehead atoms. The Kier molecular flexibility index (Phi) is 6.14. The summed E-state index contributed by atoms with van der Waals surface area (Å²) in [7, 11) is 0. The van der Waals surface area contributed by atoms with Gasteiger partial charge in [0.25, 0.3) is 0 Å². The zero-order valence-corrected chi connectivity index (χ0v) is 28.9. The Labute approximate surface area is 301 Å². The highest BCUT2D eigenvalue weighted by Crippen LogP contribution is 2.62. The number of thiazole rings is 2. The highest BCUT2D eigenvalue weighted by Gasteiger charge is 2.50. The van der Waals surface area contributed by atoms with Gasteiger partial charge < -0.3 is 0 Å². The van der Waals surface area contributed by atoms with Gasteiger partial charge in [0.1, 0.15) is 10.0 Å². The van der Waals surface area contributed by atoms with Gasteiger partial charge in [-0.25, -0.2) is 9.97 Å². The molecule has 4 heterocycles. The van der Waals surface area contributed by atoms with E-state index in [9.17, 15) is 0 Å². The fourth-order valence-corrected chi connectivity index (χ4v) is 11.0. The Morgan fingerprint density at radius 3 is 1.78 bits per heavy atom. The first-order valence-corrected chi connectivity index (χ1v) is 19.0. The van der Waals surface area contributed by atoms with E-state index < -0.39 is 0 Å². The van der Waals surface area contributed by atoms with Crippen molar-refractivity contribution < 1.29 is 0 Å². The number of nitrogens with zero attached hydrogens (tertiary/aromatic N) is 3. The van der Waals surface area contributed by atoms with E-state index in [0.29, 0.717) is 0 Å². The zero-order chi connectivity index (χ0) is 32.8. The van der Waals surface area contributed by atoms with Crippen LogP contribution >= 0.6 is 34.4 Å². The predicted molar refractivity (Wildman–Crippen MR) is 208 cm³/mol. The van der Waals surface area contributed by atoms with E-state index in [1.54, 1.807) is 22.7 Å². The Morgan fingerprint density at radius 1 is 0.440 bits per heavy atom. The molecule has 0 N–H and O–H groups in total. The van der Waals surface area contributed by atoms with Gasteiger partial charge in [-0.2, -0.15) is 0 Å². The first-order chi connectivity index (χ1) is 24.7. The molecule has 0 fully saturated rings. The smallest absolute Gasteiger partial charge is 0.124 e. The number of rotatable bonds is 3. The van der Waals surface area contributed by atoms with E-state index in [4.69, 9.17) is 9.97 Å². The molecule has 234 valence electrons. The van der Waals surface area contributed by atoms with Crippen LogP contribution in [0.1, 0.15) is 22.3 Å². The summed E-state index contributed by atoms with van der Waals surface area (Å²) in [5.41, 5.74) is 14.1. The summed E-state index contributed by atoms with van der Waals surface area (Å²) < 4.78 is 2.27. The van der Waals surface area contributed by atoms with Crippen LogP contribution in [0.3, 0.4) is 0 Å². The zero-order valence-electron chi connectivity index (χ0n) is 26.5. The van der Waals surface area contributed by atoms with Crippen LogP contribution in [-0.4, -0.2) is 15.0 Å². The number of aromatic nitrogens is 3. The van der Waals surface area contributed by atoms with Gasteiger partial charge in [-0.05, 0) is 99.1 Å². The van der Waals surface area contributed by atoms with Crippen LogP contribution in [0.2, 0.25) is 0 Å². The van der Waals surface area contributed by atoms with Crippen molar-refractivity contribution in [3.05, 3.63) is 174 Å². The maximum Gasteiger partial charge on any atom is 0.124 e. The number of pyridine rings is 1. The number of hydrogen-bond acceptors (Lipinski definition) is 6. The van der Waals surface area contributed by atoms with Crippen molar-refractivity contribution in [2.45, 2.75) is 15.2 Å². The molecule has 1 aliphatic carbocycles. The molecule has 3 aromatic heterocycles. The summed E-state index contributed by atoms with van der Waals surface area (Å²) in [6.07, 6.45) is 3.72. The highest BCUT2D eigenvalue weighted by atomic mass is 32.2. The topological polar surface area (TPSA) is 38.7 Å². The van der Waals surface area contributed by atoms with Crippen molar-refractivity contribution in [3.8, 4) is 43.4 Å². The average Bonchev–Trinajstić information content (AvgIpc) is 3.89. The molecule has 50 heavy (non-hydrogen) atoms. The Bertz CT molecular complexity index is 2630. The highest BCUT2D eigenvalue weighted by molar-refractivity contribution is 7.99. The van der Waals surface area contributed by atoms with Crippen LogP contribution in [0.25, 0.3) is 63.8 Å². The lowest BCUT2D eigenvalue weighted by Gasteiger charge is -2.39. The van der Waals surface area contributed by atoms with Crippen molar-refractivity contribution in [1.29, 1.82) is 0 Å². The maximum absolute atomic E-state index is 5.07. The van der Waals surface area contributed by atoms with Crippen LogP contribution < -0.4 is 0 Å². The second kappa shape index (κ2) is 10.8. The summed E-state index contributed by atoms with van der Waals surface area (Å²) in [4.78, 5) is 17.1.